The summed E-state index contributed by atoms with van der Waals surface area (Å²) < 4.78 is 4.71. The van der Waals surface area contributed by atoms with E-state index in [0.717, 1.165) is 30.3 Å². The standard InChI is InChI=1S/C14H16O3/c1-9-11(8-15)4-6-13-10(3-5-12(9)13)7-14(16)17-2/h4,6,8,10H,3,5,7H2,1-2H3/t10-/m1/s1. The third kappa shape index (κ3) is 2.09. The Labute approximate surface area is 101 Å². The van der Waals surface area contributed by atoms with Gasteiger partial charge in [-0.05, 0) is 42.4 Å². The van der Waals surface area contributed by atoms with Crippen molar-refractivity contribution in [3.05, 3.63) is 34.4 Å². The molecule has 1 aromatic carbocycles. The van der Waals surface area contributed by atoms with E-state index in [1.165, 1.54) is 18.2 Å². The maximum atomic E-state index is 11.3. The molecule has 1 aromatic rings. The normalized spacial score (nSPS) is 17.6. The van der Waals surface area contributed by atoms with E-state index in [9.17, 15) is 9.59 Å². The number of ether oxygens (including phenoxy) is 1. The van der Waals surface area contributed by atoms with Crippen LogP contribution in [0.15, 0.2) is 12.1 Å². The van der Waals surface area contributed by atoms with Crippen LogP contribution in [-0.2, 0) is 16.0 Å². The van der Waals surface area contributed by atoms with Crippen molar-refractivity contribution in [2.45, 2.75) is 32.1 Å². The summed E-state index contributed by atoms with van der Waals surface area (Å²) in [6.45, 7) is 1.98. The molecule has 0 saturated carbocycles. The molecule has 0 amide bonds. The van der Waals surface area contributed by atoms with E-state index in [1.807, 2.05) is 19.1 Å². The Hall–Kier alpha value is -1.64. The summed E-state index contributed by atoms with van der Waals surface area (Å²) in [6.07, 6.45) is 3.24. The third-order valence-corrected chi connectivity index (χ3v) is 3.63. The molecule has 0 fully saturated rings. The number of rotatable bonds is 3. The molecule has 0 aliphatic heterocycles. The average Bonchev–Trinajstić information content (AvgIpc) is 2.74. The minimum Gasteiger partial charge on any atom is -0.469 e. The van der Waals surface area contributed by atoms with E-state index >= 15 is 0 Å². The Morgan fingerprint density at radius 3 is 2.94 bits per heavy atom. The van der Waals surface area contributed by atoms with Gasteiger partial charge in [0.25, 0.3) is 0 Å². The maximum absolute atomic E-state index is 11.3. The fraction of sp³-hybridized carbons (Fsp3) is 0.429. The van der Waals surface area contributed by atoms with Crippen LogP contribution >= 0.6 is 0 Å². The number of aldehydes is 1. The molecule has 0 heterocycles. The van der Waals surface area contributed by atoms with Crippen LogP contribution in [0.3, 0.4) is 0 Å². The summed E-state index contributed by atoms with van der Waals surface area (Å²) in [4.78, 5) is 22.2. The Bertz CT molecular complexity index is 463. The number of benzene rings is 1. The molecule has 1 atom stereocenters. The predicted molar refractivity (Wildman–Crippen MR) is 64.3 cm³/mol. The molecule has 3 heteroatoms. The number of hydrogen-bond acceptors (Lipinski definition) is 3. The third-order valence-electron chi connectivity index (χ3n) is 3.63. The zero-order chi connectivity index (χ0) is 12.4. The van der Waals surface area contributed by atoms with Crippen LogP contribution in [0.2, 0.25) is 0 Å². The zero-order valence-corrected chi connectivity index (χ0v) is 10.2. The average molecular weight is 232 g/mol. The Morgan fingerprint density at radius 2 is 2.29 bits per heavy atom. The zero-order valence-electron chi connectivity index (χ0n) is 10.2. The summed E-state index contributed by atoms with van der Waals surface area (Å²) in [5.74, 6) is 0.0804. The van der Waals surface area contributed by atoms with E-state index in [0.29, 0.717) is 6.42 Å². The molecular formula is C14H16O3. The van der Waals surface area contributed by atoms with Crippen molar-refractivity contribution >= 4 is 12.3 Å². The maximum Gasteiger partial charge on any atom is 0.306 e. The molecule has 0 bridgehead atoms. The summed E-state index contributed by atoms with van der Waals surface area (Å²) in [5, 5.41) is 0. The molecule has 3 nitrogen and oxygen atoms in total. The lowest BCUT2D eigenvalue weighted by Crippen LogP contribution is -2.06. The Morgan fingerprint density at radius 1 is 1.53 bits per heavy atom. The van der Waals surface area contributed by atoms with Crippen molar-refractivity contribution in [3.8, 4) is 0 Å². The van der Waals surface area contributed by atoms with Gasteiger partial charge in [-0.15, -0.1) is 0 Å². The van der Waals surface area contributed by atoms with Gasteiger partial charge in [0.2, 0.25) is 0 Å². The highest BCUT2D eigenvalue weighted by molar-refractivity contribution is 5.79. The van der Waals surface area contributed by atoms with Crippen LogP contribution < -0.4 is 0 Å². The fourth-order valence-electron chi connectivity index (χ4n) is 2.61. The van der Waals surface area contributed by atoms with E-state index in [2.05, 4.69) is 0 Å². The molecule has 1 aliphatic carbocycles. The molecular weight excluding hydrogens is 216 g/mol. The molecule has 2 rings (SSSR count). The van der Waals surface area contributed by atoms with Crippen molar-refractivity contribution in [1.82, 2.24) is 0 Å². The van der Waals surface area contributed by atoms with Gasteiger partial charge in [-0.2, -0.15) is 0 Å². The van der Waals surface area contributed by atoms with Gasteiger partial charge in [-0.3, -0.25) is 9.59 Å². The molecule has 0 unspecified atom stereocenters. The molecule has 1 aliphatic rings. The van der Waals surface area contributed by atoms with Crippen molar-refractivity contribution in [2.24, 2.45) is 0 Å². The summed E-state index contributed by atoms with van der Waals surface area (Å²) in [5.41, 5.74) is 4.26. The van der Waals surface area contributed by atoms with Crippen LogP contribution in [-0.4, -0.2) is 19.4 Å². The number of methoxy groups -OCH3 is 1. The van der Waals surface area contributed by atoms with E-state index in [1.54, 1.807) is 0 Å². The van der Waals surface area contributed by atoms with Crippen molar-refractivity contribution in [1.29, 1.82) is 0 Å². The van der Waals surface area contributed by atoms with Gasteiger partial charge < -0.3 is 4.74 Å². The monoisotopic (exact) mass is 232 g/mol. The second-order valence-corrected chi connectivity index (χ2v) is 4.48. The summed E-state index contributed by atoms with van der Waals surface area (Å²) >= 11 is 0. The first-order chi connectivity index (χ1) is 8.17. The molecule has 0 aromatic heterocycles. The number of esters is 1. The quantitative estimate of drug-likeness (QED) is 0.593. The van der Waals surface area contributed by atoms with Crippen LogP contribution in [0.1, 0.15) is 45.8 Å². The Balaban J connectivity index is 2.30. The van der Waals surface area contributed by atoms with E-state index < -0.39 is 0 Å². The van der Waals surface area contributed by atoms with Crippen LogP contribution in [0.25, 0.3) is 0 Å². The highest BCUT2D eigenvalue weighted by atomic mass is 16.5. The number of hydrogen-bond donors (Lipinski definition) is 0. The van der Waals surface area contributed by atoms with Crippen molar-refractivity contribution in [3.63, 3.8) is 0 Å². The van der Waals surface area contributed by atoms with Crippen LogP contribution in [0, 0.1) is 6.92 Å². The minimum absolute atomic E-state index is 0.167. The first-order valence-electron chi connectivity index (χ1n) is 5.81. The van der Waals surface area contributed by atoms with Gasteiger partial charge in [0.1, 0.15) is 6.29 Å². The Kier molecular flexibility index (Phi) is 3.27. The highest BCUT2D eigenvalue weighted by Gasteiger charge is 2.26. The second-order valence-electron chi connectivity index (χ2n) is 4.48. The largest absolute Gasteiger partial charge is 0.469 e. The molecule has 0 spiro atoms. The van der Waals surface area contributed by atoms with E-state index in [-0.39, 0.29) is 11.9 Å². The first-order valence-corrected chi connectivity index (χ1v) is 5.81. The van der Waals surface area contributed by atoms with Crippen LogP contribution in [0.5, 0.6) is 0 Å². The van der Waals surface area contributed by atoms with Gasteiger partial charge in [-0.25, -0.2) is 0 Å². The SMILES string of the molecule is COC(=O)C[C@H]1CCc2c1ccc(C=O)c2C. The van der Waals surface area contributed by atoms with Gasteiger partial charge in [0.15, 0.2) is 0 Å². The highest BCUT2D eigenvalue weighted by Crippen LogP contribution is 2.37. The summed E-state index contributed by atoms with van der Waals surface area (Å²) in [7, 11) is 1.42. The molecule has 0 N–H and O–H groups in total. The smallest absolute Gasteiger partial charge is 0.306 e. The molecule has 0 radical (unpaired) electrons. The fourth-order valence-corrected chi connectivity index (χ4v) is 2.61. The predicted octanol–water partition coefficient (Wildman–Crippen LogP) is 2.40. The lowest BCUT2D eigenvalue weighted by Gasteiger charge is -2.11. The van der Waals surface area contributed by atoms with Crippen molar-refractivity contribution < 1.29 is 14.3 Å². The van der Waals surface area contributed by atoms with Crippen molar-refractivity contribution in [2.75, 3.05) is 7.11 Å². The number of fused-ring (bicyclic) bond motifs is 1. The van der Waals surface area contributed by atoms with Gasteiger partial charge >= 0.3 is 5.97 Å². The topological polar surface area (TPSA) is 43.4 Å². The lowest BCUT2D eigenvalue weighted by molar-refractivity contribution is -0.141. The van der Waals surface area contributed by atoms with Gasteiger partial charge in [-0.1, -0.05) is 12.1 Å². The second kappa shape index (κ2) is 4.70. The lowest BCUT2D eigenvalue weighted by atomic mass is 9.94. The van der Waals surface area contributed by atoms with E-state index in [4.69, 9.17) is 4.74 Å². The molecule has 90 valence electrons. The summed E-state index contributed by atoms with van der Waals surface area (Å²) in [6, 6.07) is 3.82. The number of carbonyl (C=O) groups excluding carboxylic acids is 2. The minimum atomic E-state index is -0.167. The van der Waals surface area contributed by atoms with Gasteiger partial charge in [0.05, 0.1) is 13.5 Å². The number of carbonyl (C=O) groups is 2. The first kappa shape index (κ1) is 11.8. The molecule has 17 heavy (non-hydrogen) atoms. The van der Waals surface area contributed by atoms with Gasteiger partial charge in [0, 0.05) is 5.56 Å². The van der Waals surface area contributed by atoms with Crippen LogP contribution in [0.4, 0.5) is 0 Å². The molecule has 0 saturated heterocycles.